The van der Waals surface area contributed by atoms with Crippen LogP contribution in [0.15, 0.2) is 24.3 Å². The fraction of sp³-hybridized carbons (Fsp3) is 0.364. The van der Waals surface area contributed by atoms with E-state index >= 15 is 0 Å². The predicted octanol–water partition coefficient (Wildman–Crippen LogP) is 3.16. The molecule has 2 nitrogen and oxygen atoms in total. The van der Waals surface area contributed by atoms with Crippen molar-refractivity contribution in [3.8, 4) is 0 Å². The average molecular weight is 257 g/mol. The fourth-order valence-corrected chi connectivity index (χ4v) is 1.79. The number of hydrogen-bond acceptors (Lipinski definition) is 1. The van der Waals surface area contributed by atoms with Crippen LogP contribution in [0.1, 0.15) is 30.4 Å². The number of alkyl halides is 1. The number of carboxylic acids is 1. The van der Waals surface area contributed by atoms with Gasteiger partial charge in [0.2, 0.25) is 0 Å². The van der Waals surface area contributed by atoms with Crippen LogP contribution in [0.5, 0.6) is 0 Å². The molecule has 0 radical (unpaired) electrons. The summed E-state index contributed by atoms with van der Waals surface area (Å²) in [4.78, 5) is 10.9. The lowest BCUT2D eigenvalue weighted by Crippen LogP contribution is -2.10. The first-order chi connectivity index (χ1) is 6.69. The van der Waals surface area contributed by atoms with Gasteiger partial charge in [-0.25, -0.2) is 0 Å². The molecule has 0 heterocycles. The van der Waals surface area contributed by atoms with Crippen molar-refractivity contribution in [3.63, 3.8) is 0 Å². The SMILES string of the molecule is CCC(C(=O)O)c1cccc(CBr)c1. The minimum absolute atomic E-state index is 0.381. The number of halogens is 1. The maximum absolute atomic E-state index is 10.9. The minimum Gasteiger partial charge on any atom is -0.481 e. The molecule has 0 aliphatic carbocycles. The Morgan fingerprint density at radius 1 is 1.57 bits per heavy atom. The Labute approximate surface area is 92.1 Å². The molecule has 1 unspecified atom stereocenters. The highest BCUT2D eigenvalue weighted by Gasteiger charge is 2.17. The highest BCUT2D eigenvalue weighted by Crippen LogP contribution is 2.21. The van der Waals surface area contributed by atoms with Crippen LogP contribution in [0.25, 0.3) is 0 Å². The fourth-order valence-electron chi connectivity index (χ4n) is 1.45. The highest BCUT2D eigenvalue weighted by atomic mass is 79.9. The summed E-state index contributed by atoms with van der Waals surface area (Å²) in [6.07, 6.45) is 0.626. The zero-order valence-corrected chi connectivity index (χ0v) is 9.62. The van der Waals surface area contributed by atoms with Crippen LogP contribution < -0.4 is 0 Å². The molecule has 0 saturated carbocycles. The van der Waals surface area contributed by atoms with Crippen LogP contribution in [-0.2, 0) is 10.1 Å². The molecule has 1 aromatic rings. The first-order valence-corrected chi connectivity index (χ1v) is 5.68. The van der Waals surface area contributed by atoms with E-state index in [0.717, 1.165) is 16.5 Å². The molecule has 1 aromatic carbocycles. The summed E-state index contributed by atoms with van der Waals surface area (Å²) in [7, 11) is 0. The number of aliphatic carboxylic acids is 1. The maximum atomic E-state index is 10.9. The van der Waals surface area contributed by atoms with Gasteiger partial charge in [-0.15, -0.1) is 0 Å². The van der Waals surface area contributed by atoms with Gasteiger partial charge in [-0.3, -0.25) is 4.79 Å². The molecule has 14 heavy (non-hydrogen) atoms. The average Bonchev–Trinajstić information content (AvgIpc) is 2.19. The van der Waals surface area contributed by atoms with Gasteiger partial charge in [0, 0.05) is 5.33 Å². The van der Waals surface area contributed by atoms with Gasteiger partial charge in [0.25, 0.3) is 0 Å². The Bertz CT molecular complexity index is 323. The topological polar surface area (TPSA) is 37.3 Å². The third kappa shape index (κ3) is 2.58. The zero-order chi connectivity index (χ0) is 10.6. The van der Waals surface area contributed by atoms with Crippen molar-refractivity contribution in [2.75, 3.05) is 0 Å². The van der Waals surface area contributed by atoms with Gasteiger partial charge in [-0.2, -0.15) is 0 Å². The van der Waals surface area contributed by atoms with Gasteiger partial charge >= 0.3 is 5.97 Å². The summed E-state index contributed by atoms with van der Waals surface area (Å²) in [6.45, 7) is 1.89. The van der Waals surface area contributed by atoms with Gasteiger partial charge in [0.15, 0.2) is 0 Å². The second kappa shape index (κ2) is 5.15. The summed E-state index contributed by atoms with van der Waals surface area (Å²) in [5.74, 6) is -1.13. The molecule has 1 rings (SSSR count). The predicted molar refractivity (Wildman–Crippen MR) is 59.7 cm³/mol. The lowest BCUT2D eigenvalue weighted by atomic mass is 9.95. The normalized spacial score (nSPS) is 12.4. The van der Waals surface area contributed by atoms with Gasteiger partial charge in [0.05, 0.1) is 5.92 Å². The Morgan fingerprint density at radius 3 is 2.79 bits per heavy atom. The molecule has 3 heteroatoms. The van der Waals surface area contributed by atoms with E-state index in [-0.39, 0.29) is 5.92 Å². The standard InChI is InChI=1S/C11H13BrO2/c1-2-10(11(13)14)9-5-3-4-8(6-9)7-12/h3-6,10H,2,7H2,1H3,(H,13,14). The Hall–Kier alpha value is -0.830. The summed E-state index contributed by atoms with van der Waals surface area (Å²) in [5, 5.41) is 9.74. The lowest BCUT2D eigenvalue weighted by molar-refractivity contribution is -0.138. The highest BCUT2D eigenvalue weighted by molar-refractivity contribution is 9.08. The zero-order valence-electron chi connectivity index (χ0n) is 8.03. The van der Waals surface area contributed by atoms with E-state index in [1.165, 1.54) is 0 Å². The van der Waals surface area contributed by atoms with Gasteiger partial charge in [0.1, 0.15) is 0 Å². The van der Waals surface area contributed by atoms with E-state index in [4.69, 9.17) is 5.11 Å². The van der Waals surface area contributed by atoms with E-state index < -0.39 is 5.97 Å². The second-order valence-electron chi connectivity index (χ2n) is 3.18. The molecule has 0 spiro atoms. The minimum atomic E-state index is -0.751. The molecule has 1 atom stereocenters. The van der Waals surface area contributed by atoms with Crippen LogP contribution in [0.3, 0.4) is 0 Å². The Kier molecular flexibility index (Phi) is 4.14. The molecule has 76 valence electrons. The number of rotatable bonds is 4. The Balaban J connectivity index is 2.98. The third-order valence-electron chi connectivity index (χ3n) is 2.21. The van der Waals surface area contributed by atoms with Crippen molar-refractivity contribution in [1.29, 1.82) is 0 Å². The van der Waals surface area contributed by atoms with Crippen molar-refractivity contribution in [1.82, 2.24) is 0 Å². The Morgan fingerprint density at radius 2 is 2.29 bits per heavy atom. The molecular weight excluding hydrogens is 244 g/mol. The van der Waals surface area contributed by atoms with Gasteiger partial charge < -0.3 is 5.11 Å². The number of carboxylic acid groups (broad SMARTS) is 1. The number of benzene rings is 1. The molecule has 0 aliphatic heterocycles. The van der Waals surface area contributed by atoms with Crippen molar-refractivity contribution in [2.24, 2.45) is 0 Å². The second-order valence-corrected chi connectivity index (χ2v) is 3.74. The molecule has 0 bridgehead atoms. The first kappa shape index (κ1) is 11.2. The third-order valence-corrected chi connectivity index (χ3v) is 2.86. The molecule has 1 N–H and O–H groups in total. The molecular formula is C11H13BrO2. The van der Waals surface area contributed by atoms with Crippen LogP contribution in [0, 0.1) is 0 Å². The largest absolute Gasteiger partial charge is 0.481 e. The van der Waals surface area contributed by atoms with E-state index in [1.54, 1.807) is 0 Å². The van der Waals surface area contributed by atoms with Crippen molar-refractivity contribution >= 4 is 21.9 Å². The summed E-state index contributed by atoms with van der Waals surface area (Å²) in [6, 6.07) is 7.69. The quantitative estimate of drug-likeness (QED) is 0.841. The van der Waals surface area contributed by atoms with Gasteiger partial charge in [-0.05, 0) is 17.5 Å². The van der Waals surface area contributed by atoms with Crippen molar-refractivity contribution in [2.45, 2.75) is 24.6 Å². The molecule has 0 aliphatic rings. The van der Waals surface area contributed by atoms with E-state index in [2.05, 4.69) is 15.9 Å². The van der Waals surface area contributed by atoms with Crippen molar-refractivity contribution in [3.05, 3.63) is 35.4 Å². The summed E-state index contributed by atoms with van der Waals surface area (Å²) in [5.41, 5.74) is 2.00. The van der Waals surface area contributed by atoms with Crippen LogP contribution in [-0.4, -0.2) is 11.1 Å². The smallest absolute Gasteiger partial charge is 0.310 e. The van der Waals surface area contributed by atoms with Gasteiger partial charge in [-0.1, -0.05) is 47.1 Å². The monoisotopic (exact) mass is 256 g/mol. The molecule has 0 aromatic heterocycles. The van der Waals surface area contributed by atoms with E-state index in [9.17, 15) is 4.79 Å². The lowest BCUT2D eigenvalue weighted by Gasteiger charge is -2.10. The molecule has 0 saturated heterocycles. The molecule has 0 fully saturated rings. The first-order valence-electron chi connectivity index (χ1n) is 4.56. The maximum Gasteiger partial charge on any atom is 0.310 e. The summed E-state index contributed by atoms with van der Waals surface area (Å²) < 4.78 is 0. The van der Waals surface area contributed by atoms with Crippen LogP contribution in [0.2, 0.25) is 0 Å². The van der Waals surface area contributed by atoms with E-state index in [1.807, 2.05) is 31.2 Å². The molecule has 0 amide bonds. The van der Waals surface area contributed by atoms with E-state index in [0.29, 0.717) is 6.42 Å². The van der Waals surface area contributed by atoms with Crippen LogP contribution >= 0.6 is 15.9 Å². The summed E-state index contributed by atoms with van der Waals surface area (Å²) >= 11 is 3.35. The van der Waals surface area contributed by atoms with Crippen LogP contribution in [0.4, 0.5) is 0 Å². The number of hydrogen-bond donors (Lipinski definition) is 1. The number of carbonyl (C=O) groups is 1. The van der Waals surface area contributed by atoms with Crippen molar-refractivity contribution < 1.29 is 9.90 Å².